The molecule has 0 radical (unpaired) electrons. The molecule has 1 unspecified atom stereocenters. The molecule has 0 aliphatic heterocycles. The molecule has 2 aromatic rings. The van der Waals surface area contributed by atoms with Gasteiger partial charge in [0.2, 0.25) is 5.91 Å². The molecule has 5 heteroatoms. The van der Waals surface area contributed by atoms with Crippen molar-refractivity contribution < 1.29 is 4.79 Å². The Kier molecular flexibility index (Phi) is 2.78. The Bertz CT molecular complexity index is 535. The summed E-state index contributed by atoms with van der Waals surface area (Å²) in [5.74, 6) is -0.379. The van der Waals surface area contributed by atoms with Crippen LogP contribution in [0.15, 0.2) is 18.2 Å². The molecule has 0 aliphatic carbocycles. The van der Waals surface area contributed by atoms with E-state index in [-0.39, 0.29) is 5.91 Å². The summed E-state index contributed by atoms with van der Waals surface area (Å²) in [7, 11) is 0. The zero-order valence-electron chi connectivity index (χ0n) is 9.15. The molecule has 0 saturated heterocycles. The van der Waals surface area contributed by atoms with E-state index in [2.05, 4.69) is 16.4 Å². The summed E-state index contributed by atoms with van der Waals surface area (Å²) >= 11 is 1.53. The molecule has 0 saturated carbocycles. The lowest BCUT2D eigenvalue weighted by Crippen LogP contribution is -2.32. The number of aryl methyl sites for hydroxylation is 1. The number of primary amides is 1. The predicted molar refractivity (Wildman–Crippen MR) is 66.6 cm³/mol. The van der Waals surface area contributed by atoms with Crippen LogP contribution in [0, 0.1) is 6.92 Å². The fourth-order valence-electron chi connectivity index (χ4n) is 1.35. The normalized spacial score (nSPS) is 12.6. The number of rotatable bonds is 3. The van der Waals surface area contributed by atoms with E-state index >= 15 is 0 Å². The van der Waals surface area contributed by atoms with Gasteiger partial charge in [0.1, 0.15) is 6.04 Å². The highest BCUT2D eigenvalue weighted by atomic mass is 32.1. The lowest BCUT2D eigenvalue weighted by Gasteiger charge is -2.06. The molecule has 84 valence electrons. The molecule has 0 bridgehead atoms. The number of hydrogen-bond acceptors (Lipinski definition) is 4. The van der Waals surface area contributed by atoms with Gasteiger partial charge < -0.3 is 11.1 Å². The van der Waals surface area contributed by atoms with Crippen LogP contribution in [-0.2, 0) is 4.79 Å². The Morgan fingerprint density at radius 3 is 3.00 bits per heavy atom. The number of carbonyl (C=O) groups excluding carboxylic acids is 1. The quantitative estimate of drug-likeness (QED) is 0.853. The number of nitrogens with zero attached hydrogens (tertiary/aromatic N) is 1. The van der Waals surface area contributed by atoms with Gasteiger partial charge in [-0.1, -0.05) is 17.4 Å². The van der Waals surface area contributed by atoms with Gasteiger partial charge in [-0.05, 0) is 31.5 Å². The molecule has 1 amide bonds. The minimum Gasteiger partial charge on any atom is -0.368 e. The first kappa shape index (κ1) is 10.9. The zero-order valence-corrected chi connectivity index (χ0v) is 9.97. The van der Waals surface area contributed by atoms with Crippen LogP contribution < -0.4 is 11.1 Å². The minimum absolute atomic E-state index is 0.379. The van der Waals surface area contributed by atoms with Gasteiger partial charge >= 0.3 is 0 Å². The summed E-state index contributed by atoms with van der Waals surface area (Å²) in [5.41, 5.74) is 7.32. The number of anilines is 1. The van der Waals surface area contributed by atoms with E-state index in [0.29, 0.717) is 0 Å². The molecule has 0 spiro atoms. The van der Waals surface area contributed by atoms with Crippen molar-refractivity contribution in [2.45, 2.75) is 19.9 Å². The van der Waals surface area contributed by atoms with E-state index in [0.717, 1.165) is 15.3 Å². The zero-order chi connectivity index (χ0) is 11.7. The summed E-state index contributed by atoms with van der Waals surface area (Å²) in [6, 6.07) is 5.67. The average Bonchev–Trinajstić information content (AvgIpc) is 2.58. The molecule has 1 aromatic carbocycles. The van der Waals surface area contributed by atoms with Crippen molar-refractivity contribution in [3.05, 3.63) is 23.8 Å². The second-order valence-corrected chi connectivity index (χ2v) is 4.79. The first-order valence-corrected chi connectivity index (χ1v) is 5.81. The van der Waals surface area contributed by atoms with Crippen molar-refractivity contribution in [2.24, 2.45) is 5.73 Å². The molecular weight excluding hydrogens is 222 g/mol. The van der Waals surface area contributed by atoms with Gasteiger partial charge in [-0.2, -0.15) is 0 Å². The number of carbonyl (C=O) groups is 1. The Labute approximate surface area is 97.5 Å². The number of thiazole rings is 1. The molecule has 16 heavy (non-hydrogen) atoms. The Hall–Kier alpha value is -1.62. The maximum Gasteiger partial charge on any atom is 0.239 e. The molecule has 1 heterocycles. The number of nitrogens with two attached hydrogens (primary N) is 1. The fraction of sp³-hybridized carbons (Fsp3) is 0.273. The molecule has 4 nitrogen and oxygen atoms in total. The van der Waals surface area contributed by atoms with Gasteiger partial charge in [0.05, 0.1) is 10.2 Å². The van der Waals surface area contributed by atoms with E-state index in [9.17, 15) is 4.79 Å². The second-order valence-electron chi connectivity index (χ2n) is 3.76. The van der Waals surface area contributed by atoms with Crippen molar-refractivity contribution >= 4 is 32.6 Å². The number of nitrogens with one attached hydrogen (secondary N) is 1. The van der Waals surface area contributed by atoms with Gasteiger partial charge in [0, 0.05) is 0 Å². The molecule has 1 atom stereocenters. The lowest BCUT2D eigenvalue weighted by molar-refractivity contribution is -0.118. The largest absolute Gasteiger partial charge is 0.368 e. The smallest absolute Gasteiger partial charge is 0.239 e. The Balaban J connectivity index is 2.29. The van der Waals surface area contributed by atoms with Gasteiger partial charge in [0.15, 0.2) is 5.13 Å². The Morgan fingerprint density at radius 1 is 1.56 bits per heavy atom. The van der Waals surface area contributed by atoms with Crippen molar-refractivity contribution in [3.63, 3.8) is 0 Å². The van der Waals surface area contributed by atoms with E-state index < -0.39 is 6.04 Å². The van der Waals surface area contributed by atoms with Gasteiger partial charge in [-0.25, -0.2) is 4.98 Å². The van der Waals surface area contributed by atoms with Crippen LogP contribution in [-0.4, -0.2) is 16.9 Å². The standard InChI is InChI=1S/C11H13N3OS/c1-6-3-4-8-9(5-6)16-11(14-8)13-7(2)10(12)15/h3-5,7H,1-2H3,(H2,12,15)(H,13,14). The fourth-order valence-corrected chi connectivity index (χ4v) is 2.40. The third-order valence-corrected chi connectivity index (χ3v) is 3.26. The predicted octanol–water partition coefficient (Wildman–Crippen LogP) is 1.89. The molecule has 0 aliphatic rings. The number of aromatic nitrogens is 1. The lowest BCUT2D eigenvalue weighted by atomic mass is 10.2. The monoisotopic (exact) mass is 235 g/mol. The number of benzene rings is 1. The number of fused-ring (bicyclic) bond motifs is 1. The van der Waals surface area contributed by atoms with Crippen LogP contribution in [0.1, 0.15) is 12.5 Å². The van der Waals surface area contributed by atoms with E-state index in [1.807, 2.05) is 19.1 Å². The van der Waals surface area contributed by atoms with Gasteiger partial charge in [-0.15, -0.1) is 0 Å². The van der Waals surface area contributed by atoms with Crippen LogP contribution in [0.25, 0.3) is 10.2 Å². The number of amides is 1. The maximum atomic E-state index is 10.9. The summed E-state index contributed by atoms with van der Waals surface area (Å²) in [6.07, 6.45) is 0. The van der Waals surface area contributed by atoms with Crippen molar-refractivity contribution in [2.75, 3.05) is 5.32 Å². The first-order chi connectivity index (χ1) is 7.56. The SMILES string of the molecule is Cc1ccc2nc(NC(C)C(N)=O)sc2c1. The number of hydrogen-bond donors (Lipinski definition) is 2. The molecule has 3 N–H and O–H groups in total. The molecule has 2 rings (SSSR count). The van der Waals surface area contributed by atoms with Crippen LogP contribution in [0.4, 0.5) is 5.13 Å². The van der Waals surface area contributed by atoms with Crippen molar-refractivity contribution in [1.82, 2.24) is 4.98 Å². The molecule has 1 aromatic heterocycles. The third-order valence-electron chi connectivity index (χ3n) is 2.31. The summed E-state index contributed by atoms with van der Waals surface area (Å²) < 4.78 is 1.11. The highest BCUT2D eigenvalue weighted by molar-refractivity contribution is 7.22. The van der Waals surface area contributed by atoms with E-state index in [4.69, 9.17) is 5.73 Å². The summed E-state index contributed by atoms with van der Waals surface area (Å²) in [6.45, 7) is 3.76. The van der Waals surface area contributed by atoms with Gasteiger partial charge in [0.25, 0.3) is 0 Å². The topological polar surface area (TPSA) is 68.0 Å². The van der Waals surface area contributed by atoms with E-state index in [1.54, 1.807) is 6.92 Å². The highest BCUT2D eigenvalue weighted by Gasteiger charge is 2.11. The van der Waals surface area contributed by atoms with Crippen LogP contribution in [0.2, 0.25) is 0 Å². The summed E-state index contributed by atoms with van der Waals surface area (Å²) in [4.78, 5) is 15.3. The van der Waals surface area contributed by atoms with Crippen molar-refractivity contribution in [3.8, 4) is 0 Å². The third kappa shape index (κ3) is 2.14. The minimum atomic E-state index is -0.401. The van der Waals surface area contributed by atoms with Crippen LogP contribution in [0.3, 0.4) is 0 Å². The van der Waals surface area contributed by atoms with Crippen molar-refractivity contribution in [1.29, 1.82) is 0 Å². The maximum absolute atomic E-state index is 10.9. The van der Waals surface area contributed by atoms with Crippen LogP contribution in [0.5, 0.6) is 0 Å². The molecular formula is C11H13N3OS. The van der Waals surface area contributed by atoms with Crippen LogP contribution >= 0.6 is 11.3 Å². The summed E-state index contributed by atoms with van der Waals surface area (Å²) in [5, 5.41) is 3.71. The average molecular weight is 235 g/mol. The second kappa shape index (κ2) is 4.09. The Morgan fingerprint density at radius 2 is 2.31 bits per heavy atom. The van der Waals surface area contributed by atoms with Gasteiger partial charge in [-0.3, -0.25) is 4.79 Å². The first-order valence-electron chi connectivity index (χ1n) is 4.99. The highest BCUT2D eigenvalue weighted by Crippen LogP contribution is 2.26. The van der Waals surface area contributed by atoms with E-state index in [1.165, 1.54) is 16.9 Å². The molecule has 0 fully saturated rings.